The number of aryl methyl sites for hydroxylation is 1. The van der Waals surface area contributed by atoms with Crippen molar-refractivity contribution in [1.29, 1.82) is 0 Å². The van der Waals surface area contributed by atoms with Crippen LogP contribution in [0, 0.1) is 0 Å². The van der Waals surface area contributed by atoms with E-state index in [4.69, 9.17) is 4.74 Å². The number of carbonyl (C=O) groups is 1. The van der Waals surface area contributed by atoms with Crippen LogP contribution in [-0.2, 0) is 11.2 Å². The fourth-order valence-electron chi connectivity index (χ4n) is 4.30. The Labute approximate surface area is 145 Å². The molecule has 2 heterocycles. The van der Waals surface area contributed by atoms with Gasteiger partial charge in [-0.15, -0.1) is 0 Å². The maximum absolute atomic E-state index is 12.7. The number of hydrogen-bond acceptors (Lipinski definition) is 3. The van der Waals surface area contributed by atoms with Gasteiger partial charge in [0, 0.05) is 25.0 Å². The summed E-state index contributed by atoms with van der Waals surface area (Å²) >= 11 is 0. The molecule has 0 bridgehead atoms. The highest BCUT2D eigenvalue weighted by molar-refractivity contribution is 5.77. The van der Waals surface area contributed by atoms with Crippen LogP contribution in [0.5, 0.6) is 5.75 Å². The molecule has 0 radical (unpaired) electrons. The summed E-state index contributed by atoms with van der Waals surface area (Å²) in [4.78, 5) is 17.3. The Morgan fingerprint density at radius 3 is 2.50 bits per heavy atom. The standard InChI is InChI=1S/C20H30N2O2/c1-21-14-4-7-18(21)19-8-5-15-22(19)20(23)9-3-6-16-10-12-17(24-2)13-11-16/h10-13,18-19H,3-9,14-15H2,1-2H3/t18-,19-/m1/s1. The van der Waals surface area contributed by atoms with E-state index < -0.39 is 0 Å². The van der Waals surface area contributed by atoms with Gasteiger partial charge < -0.3 is 14.5 Å². The third-order valence-electron chi connectivity index (χ3n) is 5.66. The molecular weight excluding hydrogens is 300 g/mol. The zero-order valence-electron chi connectivity index (χ0n) is 15.0. The van der Waals surface area contributed by atoms with Crippen LogP contribution in [0.4, 0.5) is 0 Å². The van der Waals surface area contributed by atoms with E-state index in [1.807, 2.05) is 12.1 Å². The number of likely N-dealkylation sites (tertiary alicyclic amines) is 2. The lowest BCUT2D eigenvalue weighted by Crippen LogP contribution is -2.47. The van der Waals surface area contributed by atoms with Gasteiger partial charge >= 0.3 is 0 Å². The van der Waals surface area contributed by atoms with E-state index in [0.29, 0.717) is 24.4 Å². The lowest BCUT2D eigenvalue weighted by atomic mass is 10.0. The van der Waals surface area contributed by atoms with E-state index in [-0.39, 0.29) is 0 Å². The van der Waals surface area contributed by atoms with Crippen molar-refractivity contribution in [3.8, 4) is 5.75 Å². The third-order valence-corrected chi connectivity index (χ3v) is 5.66. The fourth-order valence-corrected chi connectivity index (χ4v) is 4.30. The van der Waals surface area contributed by atoms with Crippen molar-refractivity contribution >= 4 is 5.91 Å². The summed E-state index contributed by atoms with van der Waals surface area (Å²) in [6.07, 6.45) is 7.41. The lowest BCUT2D eigenvalue weighted by molar-refractivity contribution is -0.133. The van der Waals surface area contributed by atoms with Crippen molar-refractivity contribution in [3.05, 3.63) is 29.8 Å². The SMILES string of the molecule is COc1ccc(CCCC(=O)N2CCC[C@@H]2[C@H]2CCCN2C)cc1. The number of hydrogen-bond donors (Lipinski definition) is 0. The maximum Gasteiger partial charge on any atom is 0.222 e. The number of rotatable bonds is 6. The molecule has 4 heteroatoms. The molecule has 1 aromatic rings. The number of likely N-dealkylation sites (N-methyl/N-ethyl adjacent to an activating group) is 1. The molecule has 0 N–H and O–H groups in total. The normalized spacial score (nSPS) is 24.5. The van der Waals surface area contributed by atoms with Gasteiger partial charge in [-0.1, -0.05) is 12.1 Å². The number of benzene rings is 1. The van der Waals surface area contributed by atoms with Crippen molar-refractivity contribution < 1.29 is 9.53 Å². The minimum Gasteiger partial charge on any atom is -0.497 e. The monoisotopic (exact) mass is 330 g/mol. The fraction of sp³-hybridized carbons (Fsp3) is 0.650. The molecule has 24 heavy (non-hydrogen) atoms. The van der Waals surface area contributed by atoms with Gasteiger partial charge in [-0.25, -0.2) is 0 Å². The molecule has 4 nitrogen and oxygen atoms in total. The zero-order valence-corrected chi connectivity index (χ0v) is 15.0. The van der Waals surface area contributed by atoms with Gasteiger partial charge in [-0.2, -0.15) is 0 Å². The molecule has 1 amide bonds. The molecule has 2 aliphatic rings. The minimum atomic E-state index is 0.353. The Morgan fingerprint density at radius 1 is 1.12 bits per heavy atom. The summed E-state index contributed by atoms with van der Waals surface area (Å²) < 4.78 is 5.18. The van der Waals surface area contributed by atoms with Crippen molar-refractivity contribution in [2.75, 3.05) is 27.2 Å². The topological polar surface area (TPSA) is 32.8 Å². The highest BCUT2D eigenvalue weighted by Crippen LogP contribution is 2.29. The minimum absolute atomic E-state index is 0.353. The summed E-state index contributed by atoms with van der Waals surface area (Å²) in [5, 5.41) is 0. The number of nitrogens with zero attached hydrogens (tertiary/aromatic N) is 2. The van der Waals surface area contributed by atoms with Crippen LogP contribution in [0.2, 0.25) is 0 Å². The molecule has 2 atom stereocenters. The van der Waals surface area contributed by atoms with Crippen LogP contribution >= 0.6 is 0 Å². The van der Waals surface area contributed by atoms with E-state index in [1.165, 1.54) is 37.8 Å². The maximum atomic E-state index is 12.7. The molecule has 0 unspecified atom stereocenters. The Hall–Kier alpha value is -1.55. The molecule has 0 spiro atoms. The van der Waals surface area contributed by atoms with Crippen LogP contribution in [0.15, 0.2) is 24.3 Å². The second-order valence-electron chi connectivity index (χ2n) is 7.19. The highest BCUT2D eigenvalue weighted by atomic mass is 16.5. The van der Waals surface area contributed by atoms with Gasteiger partial charge in [0.15, 0.2) is 0 Å². The van der Waals surface area contributed by atoms with E-state index in [2.05, 4.69) is 29.0 Å². The summed E-state index contributed by atoms with van der Waals surface area (Å²) in [7, 11) is 3.89. The predicted octanol–water partition coefficient (Wildman–Crippen LogP) is 3.10. The van der Waals surface area contributed by atoms with Gasteiger partial charge in [0.05, 0.1) is 7.11 Å². The zero-order chi connectivity index (χ0) is 16.9. The van der Waals surface area contributed by atoms with Gasteiger partial charge in [-0.3, -0.25) is 4.79 Å². The molecule has 3 rings (SSSR count). The average molecular weight is 330 g/mol. The van der Waals surface area contributed by atoms with Gasteiger partial charge in [0.1, 0.15) is 5.75 Å². The molecule has 1 aromatic carbocycles. The Balaban J connectivity index is 1.48. The number of amides is 1. The van der Waals surface area contributed by atoms with Gasteiger partial charge in [0.2, 0.25) is 5.91 Å². The molecule has 132 valence electrons. The molecule has 0 saturated carbocycles. The van der Waals surface area contributed by atoms with E-state index >= 15 is 0 Å². The molecular formula is C20H30N2O2. The van der Waals surface area contributed by atoms with Gasteiger partial charge in [-0.05, 0) is 69.8 Å². The molecule has 2 saturated heterocycles. The predicted molar refractivity (Wildman–Crippen MR) is 96.3 cm³/mol. The average Bonchev–Trinajstić information content (AvgIpc) is 3.23. The van der Waals surface area contributed by atoms with Crippen LogP contribution in [0.3, 0.4) is 0 Å². The largest absolute Gasteiger partial charge is 0.497 e. The summed E-state index contributed by atoms with van der Waals surface area (Å²) in [6.45, 7) is 2.14. The number of methoxy groups -OCH3 is 1. The van der Waals surface area contributed by atoms with Crippen LogP contribution in [-0.4, -0.2) is 55.0 Å². The second-order valence-corrected chi connectivity index (χ2v) is 7.19. The van der Waals surface area contributed by atoms with E-state index in [1.54, 1.807) is 7.11 Å². The van der Waals surface area contributed by atoms with Crippen LogP contribution in [0.1, 0.15) is 44.1 Å². The number of carbonyl (C=O) groups excluding carboxylic acids is 1. The summed E-state index contributed by atoms with van der Waals surface area (Å²) in [5.41, 5.74) is 1.28. The molecule has 0 aromatic heterocycles. The van der Waals surface area contributed by atoms with Crippen molar-refractivity contribution in [3.63, 3.8) is 0 Å². The molecule has 2 aliphatic heterocycles. The van der Waals surface area contributed by atoms with E-state index in [0.717, 1.165) is 25.1 Å². The summed E-state index contributed by atoms with van der Waals surface area (Å²) in [6, 6.07) is 9.20. The molecule has 0 aliphatic carbocycles. The Kier molecular flexibility index (Phi) is 5.77. The van der Waals surface area contributed by atoms with Crippen LogP contribution in [0.25, 0.3) is 0 Å². The third kappa shape index (κ3) is 3.92. The first-order valence-corrected chi connectivity index (χ1v) is 9.31. The van der Waals surface area contributed by atoms with Gasteiger partial charge in [0.25, 0.3) is 0 Å². The highest BCUT2D eigenvalue weighted by Gasteiger charge is 2.37. The van der Waals surface area contributed by atoms with Crippen molar-refractivity contribution in [2.45, 2.75) is 57.0 Å². The lowest BCUT2D eigenvalue weighted by Gasteiger charge is -2.33. The Bertz CT molecular complexity index is 543. The first-order chi connectivity index (χ1) is 11.7. The first-order valence-electron chi connectivity index (χ1n) is 9.31. The van der Waals surface area contributed by atoms with Crippen molar-refractivity contribution in [1.82, 2.24) is 9.80 Å². The Morgan fingerprint density at radius 2 is 1.83 bits per heavy atom. The first kappa shape index (κ1) is 17.3. The number of ether oxygens (including phenoxy) is 1. The quantitative estimate of drug-likeness (QED) is 0.803. The van der Waals surface area contributed by atoms with Crippen molar-refractivity contribution in [2.24, 2.45) is 0 Å². The van der Waals surface area contributed by atoms with E-state index in [9.17, 15) is 4.79 Å². The van der Waals surface area contributed by atoms with Crippen LogP contribution < -0.4 is 4.74 Å². The summed E-state index contributed by atoms with van der Waals surface area (Å²) in [5.74, 6) is 1.24. The second kappa shape index (κ2) is 8.02. The molecule has 2 fully saturated rings. The smallest absolute Gasteiger partial charge is 0.222 e.